The number of aliphatic hydroxyl groups is 1. The van der Waals surface area contributed by atoms with Crippen molar-refractivity contribution in [1.29, 1.82) is 0 Å². The van der Waals surface area contributed by atoms with E-state index in [0.717, 1.165) is 16.3 Å². The molecule has 1 saturated heterocycles. The average Bonchev–Trinajstić information content (AvgIpc) is 2.98. The Balaban J connectivity index is 1.99. The second kappa shape index (κ2) is 7.72. The molecule has 29 heavy (non-hydrogen) atoms. The normalized spacial score (nSPS) is 18.6. The predicted octanol–water partition coefficient (Wildman–Crippen LogP) is 5.32. The van der Waals surface area contributed by atoms with Gasteiger partial charge < -0.3 is 10.0 Å². The Hall–Kier alpha value is -3.11. The highest BCUT2D eigenvalue weighted by molar-refractivity contribution is 6.46. The van der Waals surface area contributed by atoms with Crippen LogP contribution in [-0.2, 0) is 9.59 Å². The summed E-state index contributed by atoms with van der Waals surface area (Å²) in [5.41, 5.74) is 1.33. The van der Waals surface area contributed by atoms with Crippen LogP contribution in [0.15, 0.2) is 72.3 Å². The van der Waals surface area contributed by atoms with Gasteiger partial charge in [0.05, 0.1) is 11.6 Å². The van der Waals surface area contributed by atoms with E-state index in [1.807, 2.05) is 49.4 Å². The number of amides is 1. The lowest BCUT2D eigenvalue weighted by atomic mass is 9.91. The van der Waals surface area contributed by atoms with Crippen molar-refractivity contribution >= 4 is 39.8 Å². The molecule has 1 aliphatic heterocycles. The molecule has 146 valence electrons. The molecule has 1 fully saturated rings. The van der Waals surface area contributed by atoms with Crippen molar-refractivity contribution in [2.75, 3.05) is 6.54 Å². The Morgan fingerprint density at radius 3 is 2.52 bits per heavy atom. The van der Waals surface area contributed by atoms with Crippen molar-refractivity contribution in [2.45, 2.75) is 19.4 Å². The smallest absolute Gasteiger partial charge is 0.295 e. The van der Waals surface area contributed by atoms with Gasteiger partial charge in [0.25, 0.3) is 11.7 Å². The lowest BCUT2D eigenvalue weighted by Crippen LogP contribution is -2.30. The minimum Gasteiger partial charge on any atom is -0.507 e. The fourth-order valence-corrected chi connectivity index (χ4v) is 4.15. The summed E-state index contributed by atoms with van der Waals surface area (Å²) in [5.74, 6) is -1.47. The number of fused-ring (bicyclic) bond motifs is 1. The molecule has 4 rings (SSSR count). The molecule has 0 radical (unpaired) electrons. The number of carbonyl (C=O) groups excluding carboxylic acids is 2. The maximum Gasteiger partial charge on any atom is 0.295 e. The third kappa shape index (κ3) is 3.30. The van der Waals surface area contributed by atoms with E-state index in [1.165, 1.54) is 0 Å². The van der Waals surface area contributed by atoms with Gasteiger partial charge in [-0.15, -0.1) is 0 Å². The topological polar surface area (TPSA) is 57.6 Å². The molecule has 0 aliphatic carbocycles. The highest BCUT2D eigenvalue weighted by Gasteiger charge is 2.46. The number of nitrogens with zero attached hydrogens (tertiary/aromatic N) is 1. The molecule has 3 aromatic carbocycles. The Morgan fingerprint density at radius 1 is 1.03 bits per heavy atom. The van der Waals surface area contributed by atoms with E-state index in [4.69, 9.17) is 11.6 Å². The molecule has 5 heteroatoms. The molecule has 1 N–H and O–H groups in total. The molecule has 0 spiro atoms. The second-order valence-corrected chi connectivity index (χ2v) is 7.51. The van der Waals surface area contributed by atoms with Crippen LogP contribution in [0.1, 0.15) is 30.5 Å². The predicted molar refractivity (Wildman–Crippen MR) is 115 cm³/mol. The van der Waals surface area contributed by atoms with Gasteiger partial charge in [-0.25, -0.2) is 0 Å². The van der Waals surface area contributed by atoms with Gasteiger partial charge in [0.15, 0.2) is 0 Å². The van der Waals surface area contributed by atoms with Crippen LogP contribution < -0.4 is 0 Å². The van der Waals surface area contributed by atoms with Crippen molar-refractivity contribution in [3.05, 3.63) is 88.5 Å². The number of likely N-dealkylation sites (tertiary alicyclic amines) is 1. The fraction of sp³-hybridized carbons (Fsp3) is 0.167. The summed E-state index contributed by atoms with van der Waals surface area (Å²) in [5, 5.41) is 13.4. The molecule has 4 nitrogen and oxygen atoms in total. The molecule has 1 aliphatic rings. The van der Waals surface area contributed by atoms with Crippen molar-refractivity contribution in [1.82, 2.24) is 4.90 Å². The third-order valence-electron chi connectivity index (χ3n) is 5.22. The molecule has 0 bridgehead atoms. The zero-order valence-corrected chi connectivity index (χ0v) is 16.7. The van der Waals surface area contributed by atoms with Crippen molar-refractivity contribution in [3.63, 3.8) is 0 Å². The molecule has 0 aromatic heterocycles. The monoisotopic (exact) mass is 405 g/mol. The third-order valence-corrected chi connectivity index (χ3v) is 5.46. The molecule has 1 unspecified atom stereocenters. The number of hydrogen-bond donors (Lipinski definition) is 1. The first-order valence-corrected chi connectivity index (χ1v) is 9.92. The number of halogens is 1. The van der Waals surface area contributed by atoms with Crippen LogP contribution in [0.5, 0.6) is 0 Å². The first kappa shape index (κ1) is 19.2. The van der Waals surface area contributed by atoms with Crippen LogP contribution in [0, 0.1) is 0 Å². The van der Waals surface area contributed by atoms with E-state index in [9.17, 15) is 14.7 Å². The molecule has 1 heterocycles. The quantitative estimate of drug-likeness (QED) is 0.363. The van der Waals surface area contributed by atoms with E-state index in [0.29, 0.717) is 23.6 Å². The standard InChI is InChI=1S/C24H20ClNO3/c1-2-13-26-21(19-12-6-8-15-7-3-4-11-18(15)19)20(23(28)24(26)29)22(27)16-9-5-10-17(25)14-16/h3-12,14,21,27H,2,13H2,1H3/b22-20-. The molecule has 0 saturated carbocycles. The summed E-state index contributed by atoms with van der Waals surface area (Å²) in [4.78, 5) is 27.4. The van der Waals surface area contributed by atoms with E-state index in [1.54, 1.807) is 29.2 Å². The van der Waals surface area contributed by atoms with Crippen LogP contribution in [0.3, 0.4) is 0 Å². The SMILES string of the molecule is CCCN1C(=O)C(=O)/C(=C(\O)c2cccc(Cl)c2)C1c1cccc2ccccc12. The van der Waals surface area contributed by atoms with Crippen molar-refractivity contribution in [3.8, 4) is 0 Å². The van der Waals surface area contributed by atoms with Crippen LogP contribution in [0.25, 0.3) is 16.5 Å². The summed E-state index contributed by atoms with van der Waals surface area (Å²) in [6.45, 7) is 2.38. The van der Waals surface area contributed by atoms with Crippen LogP contribution >= 0.6 is 11.6 Å². The Kier molecular flexibility index (Phi) is 5.12. The van der Waals surface area contributed by atoms with Crippen molar-refractivity contribution < 1.29 is 14.7 Å². The maximum absolute atomic E-state index is 13.0. The largest absolute Gasteiger partial charge is 0.507 e. The van der Waals surface area contributed by atoms with Crippen LogP contribution in [-0.4, -0.2) is 28.2 Å². The van der Waals surface area contributed by atoms with E-state index >= 15 is 0 Å². The molecule has 1 amide bonds. The summed E-state index contributed by atoms with van der Waals surface area (Å²) in [6, 6.07) is 19.6. The summed E-state index contributed by atoms with van der Waals surface area (Å²) in [6.07, 6.45) is 0.700. The van der Waals surface area contributed by atoms with Crippen LogP contribution in [0.2, 0.25) is 5.02 Å². The Morgan fingerprint density at radius 2 is 1.76 bits per heavy atom. The summed E-state index contributed by atoms with van der Waals surface area (Å²) >= 11 is 6.07. The van der Waals surface area contributed by atoms with Crippen molar-refractivity contribution in [2.24, 2.45) is 0 Å². The van der Waals surface area contributed by atoms with Gasteiger partial charge in [0, 0.05) is 17.1 Å². The minimum atomic E-state index is -0.672. The Labute approximate surface area is 174 Å². The molecular weight excluding hydrogens is 386 g/mol. The lowest BCUT2D eigenvalue weighted by molar-refractivity contribution is -0.139. The van der Waals surface area contributed by atoms with Gasteiger partial charge in [-0.3, -0.25) is 9.59 Å². The second-order valence-electron chi connectivity index (χ2n) is 7.07. The number of hydrogen-bond acceptors (Lipinski definition) is 3. The van der Waals surface area contributed by atoms with E-state index in [-0.39, 0.29) is 11.3 Å². The number of ketones is 1. The number of rotatable bonds is 4. The van der Waals surface area contributed by atoms with E-state index in [2.05, 4.69) is 0 Å². The van der Waals surface area contributed by atoms with Gasteiger partial charge in [0.1, 0.15) is 5.76 Å². The van der Waals surface area contributed by atoms with Gasteiger partial charge >= 0.3 is 0 Å². The highest BCUT2D eigenvalue weighted by atomic mass is 35.5. The fourth-order valence-electron chi connectivity index (χ4n) is 3.96. The Bertz CT molecular complexity index is 1150. The number of carbonyl (C=O) groups is 2. The first-order chi connectivity index (χ1) is 14.0. The zero-order chi connectivity index (χ0) is 20.5. The lowest BCUT2D eigenvalue weighted by Gasteiger charge is -2.26. The van der Waals surface area contributed by atoms with E-state index < -0.39 is 17.7 Å². The number of benzene rings is 3. The minimum absolute atomic E-state index is 0.0991. The number of aliphatic hydroxyl groups excluding tert-OH is 1. The molecule has 1 atom stereocenters. The summed E-state index contributed by atoms with van der Waals surface area (Å²) in [7, 11) is 0. The van der Waals surface area contributed by atoms with Crippen LogP contribution in [0.4, 0.5) is 0 Å². The van der Waals surface area contributed by atoms with Gasteiger partial charge in [-0.2, -0.15) is 0 Å². The van der Waals surface area contributed by atoms with Gasteiger partial charge in [-0.1, -0.05) is 73.1 Å². The maximum atomic E-state index is 13.0. The first-order valence-electron chi connectivity index (χ1n) is 9.55. The van der Waals surface area contributed by atoms with Gasteiger partial charge in [0.2, 0.25) is 0 Å². The average molecular weight is 406 g/mol. The number of Topliss-reactive ketones (excluding diaryl/α,β-unsaturated/α-hetero) is 1. The zero-order valence-electron chi connectivity index (χ0n) is 15.9. The van der Waals surface area contributed by atoms with Gasteiger partial charge in [-0.05, 0) is 34.9 Å². The molecular formula is C24H20ClNO3. The molecule has 3 aromatic rings. The highest BCUT2D eigenvalue weighted by Crippen LogP contribution is 2.42. The summed E-state index contributed by atoms with van der Waals surface area (Å²) < 4.78 is 0.